The minimum absolute atomic E-state index is 0.190. The van der Waals surface area contributed by atoms with E-state index in [0.717, 1.165) is 5.69 Å². The van der Waals surface area contributed by atoms with Gasteiger partial charge in [-0.25, -0.2) is 4.79 Å². The van der Waals surface area contributed by atoms with Crippen molar-refractivity contribution in [1.82, 2.24) is 0 Å². The Hall–Kier alpha value is -2.04. The average molecular weight is 293 g/mol. The van der Waals surface area contributed by atoms with E-state index in [1.54, 1.807) is 19.9 Å². The number of ether oxygens (including phenoxy) is 2. The van der Waals surface area contributed by atoms with Crippen LogP contribution in [-0.2, 0) is 14.3 Å². The first-order valence-corrected chi connectivity index (χ1v) is 7.23. The highest BCUT2D eigenvalue weighted by molar-refractivity contribution is 5.95. The first kappa shape index (κ1) is 17.0. The van der Waals surface area contributed by atoms with Gasteiger partial charge in [0.15, 0.2) is 0 Å². The van der Waals surface area contributed by atoms with Gasteiger partial charge in [0.05, 0.1) is 24.5 Å². The van der Waals surface area contributed by atoms with Crippen LogP contribution in [0.25, 0.3) is 0 Å². The lowest BCUT2D eigenvalue weighted by Crippen LogP contribution is -2.22. The van der Waals surface area contributed by atoms with E-state index in [2.05, 4.69) is 0 Å². The fourth-order valence-electron chi connectivity index (χ4n) is 2.00. The zero-order chi connectivity index (χ0) is 15.7. The summed E-state index contributed by atoms with van der Waals surface area (Å²) in [5.41, 5.74) is 1.35. The smallest absolute Gasteiger partial charge is 0.340 e. The molecule has 0 fully saturated rings. The minimum atomic E-state index is -0.328. The lowest BCUT2D eigenvalue weighted by atomic mass is 10.1. The molecule has 1 rings (SSSR count). The molecular formula is C16H23NO4. The number of anilines is 1. The second-order valence-electron chi connectivity index (χ2n) is 4.57. The molecule has 0 spiro atoms. The molecule has 0 aliphatic carbocycles. The average Bonchev–Trinajstić information content (AvgIpc) is 2.47. The summed E-state index contributed by atoms with van der Waals surface area (Å²) in [5.74, 6) is -0.519. The third kappa shape index (κ3) is 5.45. The van der Waals surface area contributed by atoms with Gasteiger partial charge in [-0.05, 0) is 32.4 Å². The second-order valence-corrected chi connectivity index (χ2v) is 4.57. The highest BCUT2D eigenvalue weighted by Gasteiger charge is 2.14. The number of hydrogen-bond donors (Lipinski definition) is 0. The van der Waals surface area contributed by atoms with Gasteiger partial charge in [0.2, 0.25) is 0 Å². The normalized spacial score (nSPS) is 10.0. The van der Waals surface area contributed by atoms with Crippen molar-refractivity contribution in [3.05, 3.63) is 29.8 Å². The molecule has 116 valence electrons. The number of nitrogens with zero attached hydrogens (tertiary/aromatic N) is 1. The third-order valence-electron chi connectivity index (χ3n) is 2.99. The van der Waals surface area contributed by atoms with Crippen LogP contribution in [-0.4, -0.2) is 38.7 Å². The van der Waals surface area contributed by atoms with Crippen molar-refractivity contribution in [2.75, 3.05) is 31.7 Å². The molecule has 0 aliphatic rings. The van der Waals surface area contributed by atoms with Gasteiger partial charge in [0, 0.05) is 20.0 Å². The summed E-state index contributed by atoms with van der Waals surface area (Å²) in [4.78, 5) is 25.2. The van der Waals surface area contributed by atoms with Crippen LogP contribution in [0.1, 0.15) is 37.0 Å². The van der Waals surface area contributed by atoms with E-state index in [9.17, 15) is 9.59 Å². The maximum Gasteiger partial charge on any atom is 0.340 e. The summed E-state index contributed by atoms with van der Waals surface area (Å²) >= 11 is 0. The van der Waals surface area contributed by atoms with Crippen molar-refractivity contribution in [3.63, 3.8) is 0 Å². The van der Waals surface area contributed by atoms with Gasteiger partial charge < -0.3 is 14.4 Å². The first-order valence-electron chi connectivity index (χ1n) is 7.23. The molecule has 0 saturated heterocycles. The van der Waals surface area contributed by atoms with Crippen molar-refractivity contribution in [1.29, 1.82) is 0 Å². The number of rotatable bonds is 8. The molecule has 0 amide bonds. The summed E-state index contributed by atoms with van der Waals surface area (Å²) in [5, 5.41) is 0. The first-order chi connectivity index (χ1) is 10.1. The molecule has 5 heteroatoms. The quantitative estimate of drug-likeness (QED) is 0.690. The molecule has 0 unspecified atom stereocenters. The Labute approximate surface area is 125 Å². The Balaban J connectivity index is 2.63. The van der Waals surface area contributed by atoms with Crippen LogP contribution in [0.15, 0.2) is 24.3 Å². The predicted octanol–water partition coefficient (Wildman–Crippen LogP) is 2.64. The van der Waals surface area contributed by atoms with Crippen LogP contribution in [0.4, 0.5) is 5.69 Å². The predicted molar refractivity (Wildman–Crippen MR) is 81.5 cm³/mol. The summed E-state index contributed by atoms with van der Waals surface area (Å²) in [6, 6.07) is 7.30. The van der Waals surface area contributed by atoms with Gasteiger partial charge in [0.1, 0.15) is 0 Å². The molecule has 21 heavy (non-hydrogen) atoms. The molecule has 0 aliphatic heterocycles. The van der Waals surface area contributed by atoms with Gasteiger partial charge in [0.25, 0.3) is 0 Å². The molecular weight excluding hydrogens is 270 g/mol. The van der Waals surface area contributed by atoms with E-state index in [1.807, 2.05) is 30.1 Å². The van der Waals surface area contributed by atoms with Crippen molar-refractivity contribution in [2.24, 2.45) is 0 Å². The summed E-state index contributed by atoms with van der Waals surface area (Å²) in [7, 11) is 1.89. The Morgan fingerprint density at radius 2 is 1.76 bits per heavy atom. The van der Waals surface area contributed by atoms with Crippen LogP contribution in [0.3, 0.4) is 0 Å². The van der Waals surface area contributed by atoms with E-state index in [0.29, 0.717) is 38.2 Å². The summed E-state index contributed by atoms with van der Waals surface area (Å²) < 4.78 is 9.95. The summed E-state index contributed by atoms with van der Waals surface area (Å²) in [6.45, 7) is 4.98. The largest absolute Gasteiger partial charge is 0.466 e. The SMILES string of the molecule is CCOC(=O)CCCN(C)c1ccccc1C(=O)OCC. The van der Waals surface area contributed by atoms with E-state index < -0.39 is 0 Å². The molecule has 5 nitrogen and oxygen atoms in total. The Morgan fingerprint density at radius 1 is 1.10 bits per heavy atom. The van der Waals surface area contributed by atoms with E-state index in [-0.39, 0.29) is 11.9 Å². The number of carbonyl (C=O) groups is 2. The Kier molecular flexibility index (Phi) is 7.29. The Morgan fingerprint density at radius 3 is 2.43 bits per heavy atom. The van der Waals surface area contributed by atoms with Crippen molar-refractivity contribution >= 4 is 17.6 Å². The Bertz CT molecular complexity index is 473. The van der Waals surface area contributed by atoms with Gasteiger partial charge in [-0.2, -0.15) is 0 Å². The van der Waals surface area contributed by atoms with Crippen LogP contribution in [0.5, 0.6) is 0 Å². The lowest BCUT2D eigenvalue weighted by molar-refractivity contribution is -0.143. The zero-order valence-corrected chi connectivity index (χ0v) is 12.9. The van der Waals surface area contributed by atoms with E-state index in [1.165, 1.54) is 0 Å². The van der Waals surface area contributed by atoms with E-state index >= 15 is 0 Å². The molecule has 0 bridgehead atoms. The molecule has 0 N–H and O–H groups in total. The van der Waals surface area contributed by atoms with Crippen LogP contribution in [0.2, 0.25) is 0 Å². The third-order valence-corrected chi connectivity index (χ3v) is 2.99. The molecule has 1 aromatic carbocycles. The number of hydrogen-bond acceptors (Lipinski definition) is 5. The minimum Gasteiger partial charge on any atom is -0.466 e. The molecule has 0 radical (unpaired) electrons. The monoisotopic (exact) mass is 293 g/mol. The van der Waals surface area contributed by atoms with Crippen molar-refractivity contribution in [3.8, 4) is 0 Å². The number of para-hydroxylation sites is 1. The summed E-state index contributed by atoms with van der Waals surface area (Å²) in [6.07, 6.45) is 1.05. The topological polar surface area (TPSA) is 55.8 Å². The van der Waals surface area contributed by atoms with Crippen LogP contribution in [0, 0.1) is 0 Å². The maximum atomic E-state index is 11.9. The van der Waals surface area contributed by atoms with Gasteiger partial charge in [-0.15, -0.1) is 0 Å². The second kappa shape index (κ2) is 9.00. The highest BCUT2D eigenvalue weighted by Crippen LogP contribution is 2.20. The fourth-order valence-corrected chi connectivity index (χ4v) is 2.00. The number of benzene rings is 1. The number of esters is 2. The van der Waals surface area contributed by atoms with Gasteiger partial charge in [-0.3, -0.25) is 4.79 Å². The van der Waals surface area contributed by atoms with Crippen LogP contribution >= 0.6 is 0 Å². The molecule has 0 saturated carbocycles. The standard InChI is InChI=1S/C16H23NO4/c1-4-20-15(18)11-8-12-17(3)14-10-7-6-9-13(14)16(19)21-5-2/h6-7,9-10H,4-5,8,11-12H2,1-3H3. The van der Waals surface area contributed by atoms with Gasteiger partial charge in [-0.1, -0.05) is 12.1 Å². The molecule has 0 atom stereocenters. The van der Waals surface area contributed by atoms with Crippen molar-refractivity contribution < 1.29 is 19.1 Å². The molecule has 1 aromatic rings. The molecule has 0 aromatic heterocycles. The number of carbonyl (C=O) groups excluding carboxylic acids is 2. The molecule has 0 heterocycles. The zero-order valence-electron chi connectivity index (χ0n) is 12.9. The fraction of sp³-hybridized carbons (Fsp3) is 0.500. The van der Waals surface area contributed by atoms with Crippen LogP contribution < -0.4 is 4.90 Å². The van der Waals surface area contributed by atoms with E-state index in [4.69, 9.17) is 9.47 Å². The van der Waals surface area contributed by atoms with Gasteiger partial charge >= 0.3 is 11.9 Å². The lowest BCUT2D eigenvalue weighted by Gasteiger charge is -2.21. The van der Waals surface area contributed by atoms with Crippen molar-refractivity contribution in [2.45, 2.75) is 26.7 Å². The highest BCUT2D eigenvalue weighted by atomic mass is 16.5. The maximum absolute atomic E-state index is 11.9.